The molecule has 0 atom stereocenters. The summed E-state index contributed by atoms with van der Waals surface area (Å²) in [5.74, 6) is -0.0833. The van der Waals surface area contributed by atoms with Crippen LogP contribution in [0, 0.1) is 0 Å². The van der Waals surface area contributed by atoms with E-state index in [1.165, 1.54) is 0 Å². The van der Waals surface area contributed by atoms with Gasteiger partial charge in [0.25, 0.3) is 5.91 Å². The molecule has 0 bridgehead atoms. The van der Waals surface area contributed by atoms with E-state index in [9.17, 15) is 4.79 Å². The van der Waals surface area contributed by atoms with Gasteiger partial charge >= 0.3 is 0 Å². The summed E-state index contributed by atoms with van der Waals surface area (Å²) < 4.78 is 0. The minimum Gasteiger partial charge on any atom is -0.399 e. The number of amides is 1. The van der Waals surface area contributed by atoms with Gasteiger partial charge in [-0.15, -0.1) is 0 Å². The van der Waals surface area contributed by atoms with Crippen molar-refractivity contribution in [2.24, 2.45) is 0 Å². The van der Waals surface area contributed by atoms with Crippen LogP contribution in [-0.2, 0) is 0 Å². The lowest BCUT2D eigenvalue weighted by molar-refractivity contribution is 0.0667. The molecule has 0 unspecified atom stereocenters. The Labute approximate surface area is 112 Å². The molecule has 1 amide bonds. The number of aromatic amines is 1. The predicted molar refractivity (Wildman–Crippen MR) is 76.0 cm³/mol. The topological polar surface area (TPSA) is 82.3 Å². The van der Waals surface area contributed by atoms with Gasteiger partial charge in [0.05, 0.1) is 12.2 Å². The van der Waals surface area contributed by atoms with Gasteiger partial charge in [0.1, 0.15) is 0 Å². The Balaban J connectivity index is 2.40. The van der Waals surface area contributed by atoms with E-state index in [-0.39, 0.29) is 18.6 Å². The van der Waals surface area contributed by atoms with Crippen molar-refractivity contribution in [1.29, 1.82) is 0 Å². The number of carbonyl (C=O) groups excluding carboxylic acids is 1. The maximum absolute atomic E-state index is 12.5. The third kappa shape index (κ3) is 2.56. The Morgan fingerprint density at radius 3 is 2.84 bits per heavy atom. The Morgan fingerprint density at radius 2 is 2.21 bits per heavy atom. The summed E-state index contributed by atoms with van der Waals surface area (Å²) in [5.41, 5.74) is 7.83. The van der Waals surface area contributed by atoms with Crippen molar-refractivity contribution >= 4 is 22.5 Å². The highest BCUT2D eigenvalue weighted by atomic mass is 16.3. The Hall–Kier alpha value is -2.01. The number of aliphatic hydroxyl groups excluding tert-OH is 1. The highest BCUT2D eigenvalue weighted by Gasteiger charge is 2.21. The quantitative estimate of drug-likeness (QED) is 0.731. The second kappa shape index (κ2) is 5.32. The van der Waals surface area contributed by atoms with Crippen molar-refractivity contribution in [2.45, 2.75) is 19.9 Å². The molecule has 0 saturated heterocycles. The van der Waals surface area contributed by atoms with E-state index in [1.807, 2.05) is 19.9 Å². The second-order valence-electron chi connectivity index (χ2n) is 4.82. The predicted octanol–water partition coefficient (Wildman–Crippen LogP) is 1.59. The second-order valence-corrected chi connectivity index (χ2v) is 4.82. The van der Waals surface area contributed by atoms with Gasteiger partial charge in [-0.1, -0.05) is 0 Å². The lowest BCUT2D eigenvalue weighted by Gasteiger charge is -2.25. The maximum Gasteiger partial charge on any atom is 0.256 e. The number of hydrogen-bond donors (Lipinski definition) is 3. The molecule has 2 rings (SSSR count). The Morgan fingerprint density at radius 1 is 1.47 bits per heavy atom. The number of benzene rings is 1. The molecule has 19 heavy (non-hydrogen) atoms. The normalized spacial score (nSPS) is 11.2. The number of rotatable bonds is 4. The Kier molecular flexibility index (Phi) is 3.76. The molecule has 102 valence electrons. The van der Waals surface area contributed by atoms with Crippen LogP contribution >= 0.6 is 0 Å². The standard InChI is InChI=1S/C14H19N3O2/c1-9(2)17(5-6-18)14(19)12-8-16-13-7-10(15)3-4-11(12)13/h3-4,7-9,16,18H,5-6,15H2,1-2H3. The van der Waals surface area contributed by atoms with Gasteiger partial charge in [0.2, 0.25) is 0 Å². The molecule has 0 aliphatic carbocycles. The van der Waals surface area contributed by atoms with Gasteiger partial charge in [-0.3, -0.25) is 4.79 Å². The zero-order valence-corrected chi connectivity index (χ0v) is 11.2. The molecule has 0 aliphatic heterocycles. The van der Waals surface area contributed by atoms with E-state index < -0.39 is 0 Å². The zero-order valence-electron chi connectivity index (χ0n) is 11.2. The minimum atomic E-state index is -0.0833. The molecule has 5 heteroatoms. The summed E-state index contributed by atoms with van der Waals surface area (Å²) in [4.78, 5) is 17.2. The van der Waals surface area contributed by atoms with Crippen LogP contribution in [-0.4, -0.2) is 40.1 Å². The molecule has 5 nitrogen and oxygen atoms in total. The van der Waals surface area contributed by atoms with Gasteiger partial charge in [-0.05, 0) is 32.0 Å². The van der Waals surface area contributed by atoms with Crippen molar-refractivity contribution in [3.8, 4) is 0 Å². The molecule has 2 aromatic rings. The van der Waals surface area contributed by atoms with Gasteiger partial charge in [0, 0.05) is 35.4 Å². The fourth-order valence-corrected chi connectivity index (χ4v) is 2.18. The first-order valence-corrected chi connectivity index (χ1v) is 6.33. The number of aliphatic hydroxyl groups is 1. The maximum atomic E-state index is 12.5. The van der Waals surface area contributed by atoms with Crippen LogP contribution < -0.4 is 5.73 Å². The molecule has 0 spiro atoms. The number of nitrogens with one attached hydrogen (secondary N) is 1. The number of fused-ring (bicyclic) bond motifs is 1. The van der Waals surface area contributed by atoms with Crippen molar-refractivity contribution in [2.75, 3.05) is 18.9 Å². The molecule has 0 saturated carbocycles. The van der Waals surface area contributed by atoms with Crippen molar-refractivity contribution in [3.63, 3.8) is 0 Å². The Bertz CT molecular complexity index is 589. The third-order valence-corrected chi connectivity index (χ3v) is 3.16. The molecule has 0 fully saturated rings. The van der Waals surface area contributed by atoms with E-state index in [2.05, 4.69) is 4.98 Å². The molecular weight excluding hydrogens is 242 g/mol. The van der Waals surface area contributed by atoms with Crippen LogP contribution in [0.1, 0.15) is 24.2 Å². The first-order valence-electron chi connectivity index (χ1n) is 6.33. The smallest absolute Gasteiger partial charge is 0.256 e. The highest BCUT2D eigenvalue weighted by molar-refractivity contribution is 6.07. The number of nitrogens with zero attached hydrogens (tertiary/aromatic N) is 1. The fraction of sp³-hybridized carbons (Fsp3) is 0.357. The monoisotopic (exact) mass is 261 g/mol. The summed E-state index contributed by atoms with van der Waals surface area (Å²) in [6.45, 7) is 4.15. The molecule has 1 aromatic carbocycles. The largest absolute Gasteiger partial charge is 0.399 e. The van der Waals surface area contributed by atoms with Crippen molar-refractivity contribution < 1.29 is 9.90 Å². The molecule has 0 radical (unpaired) electrons. The van der Waals surface area contributed by atoms with Crippen LogP contribution in [0.2, 0.25) is 0 Å². The number of aromatic nitrogens is 1. The average Bonchev–Trinajstić information content (AvgIpc) is 2.77. The van der Waals surface area contributed by atoms with Crippen LogP contribution in [0.5, 0.6) is 0 Å². The van der Waals surface area contributed by atoms with Crippen molar-refractivity contribution in [1.82, 2.24) is 9.88 Å². The van der Waals surface area contributed by atoms with Crippen LogP contribution in [0.25, 0.3) is 10.9 Å². The lowest BCUT2D eigenvalue weighted by Crippen LogP contribution is -2.38. The summed E-state index contributed by atoms with van der Waals surface area (Å²) in [7, 11) is 0. The van der Waals surface area contributed by atoms with Gasteiger partial charge in [-0.25, -0.2) is 0 Å². The van der Waals surface area contributed by atoms with Crippen LogP contribution in [0.15, 0.2) is 24.4 Å². The number of hydrogen-bond acceptors (Lipinski definition) is 3. The summed E-state index contributed by atoms with van der Waals surface area (Å²) in [5, 5.41) is 9.91. The number of nitrogen functional groups attached to an aromatic ring is 1. The summed E-state index contributed by atoms with van der Waals surface area (Å²) in [6, 6.07) is 5.46. The van der Waals surface area contributed by atoms with Gasteiger partial charge in [0.15, 0.2) is 0 Å². The van der Waals surface area contributed by atoms with E-state index in [1.54, 1.807) is 23.2 Å². The SMILES string of the molecule is CC(C)N(CCO)C(=O)c1c[nH]c2cc(N)ccc12. The zero-order chi connectivity index (χ0) is 14.0. The number of carbonyl (C=O) groups is 1. The first-order chi connectivity index (χ1) is 9.04. The molecule has 0 aliphatic rings. The van der Waals surface area contributed by atoms with E-state index >= 15 is 0 Å². The van der Waals surface area contributed by atoms with Crippen LogP contribution in [0.4, 0.5) is 5.69 Å². The summed E-state index contributed by atoms with van der Waals surface area (Å²) in [6.07, 6.45) is 1.69. The number of nitrogens with two attached hydrogens (primary N) is 1. The molecule has 1 heterocycles. The third-order valence-electron chi connectivity index (χ3n) is 3.16. The average molecular weight is 261 g/mol. The highest BCUT2D eigenvalue weighted by Crippen LogP contribution is 2.22. The van der Waals surface area contributed by atoms with Crippen molar-refractivity contribution in [3.05, 3.63) is 30.0 Å². The van der Waals surface area contributed by atoms with Crippen LogP contribution in [0.3, 0.4) is 0 Å². The minimum absolute atomic E-state index is 0.0402. The molecule has 1 aromatic heterocycles. The molecule has 4 N–H and O–H groups in total. The lowest BCUT2D eigenvalue weighted by atomic mass is 10.1. The van der Waals surface area contributed by atoms with Gasteiger partial charge in [-0.2, -0.15) is 0 Å². The van der Waals surface area contributed by atoms with E-state index in [0.29, 0.717) is 17.8 Å². The first kappa shape index (κ1) is 13.4. The number of H-pyrrole nitrogens is 1. The van der Waals surface area contributed by atoms with E-state index in [0.717, 1.165) is 10.9 Å². The summed E-state index contributed by atoms with van der Waals surface area (Å²) >= 11 is 0. The van der Waals surface area contributed by atoms with Gasteiger partial charge < -0.3 is 20.7 Å². The number of anilines is 1. The fourth-order valence-electron chi connectivity index (χ4n) is 2.18. The molecular formula is C14H19N3O2. The van der Waals surface area contributed by atoms with E-state index in [4.69, 9.17) is 10.8 Å².